The largest absolute Gasteiger partial charge is 0.493 e. The third-order valence-electron chi connectivity index (χ3n) is 3.09. The van der Waals surface area contributed by atoms with Crippen LogP contribution >= 0.6 is 11.3 Å². The highest BCUT2D eigenvalue weighted by molar-refractivity contribution is 7.12. The summed E-state index contributed by atoms with van der Waals surface area (Å²) in [6, 6.07) is 8.03. The molecule has 1 heterocycles. The van der Waals surface area contributed by atoms with Crippen LogP contribution in [0.3, 0.4) is 0 Å². The van der Waals surface area contributed by atoms with Crippen LogP contribution in [0, 0.1) is 13.8 Å². The van der Waals surface area contributed by atoms with E-state index in [2.05, 4.69) is 32.2 Å². The third-order valence-corrected chi connectivity index (χ3v) is 4.24. The molecule has 0 bridgehead atoms. The first-order valence-electron chi connectivity index (χ1n) is 6.91. The number of nitrogens with one attached hydrogen (secondary N) is 1. The van der Waals surface area contributed by atoms with Gasteiger partial charge >= 0.3 is 0 Å². The molecule has 0 saturated heterocycles. The first kappa shape index (κ1) is 14.7. The van der Waals surface area contributed by atoms with Crippen molar-refractivity contribution >= 4 is 22.7 Å². The summed E-state index contributed by atoms with van der Waals surface area (Å²) in [5.41, 5.74) is 8.99. The molecule has 1 aromatic heterocycles. The van der Waals surface area contributed by atoms with E-state index < -0.39 is 0 Å². The van der Waals surface area contributed by atoms with Crippen LogP contribution < -0.4 is 15.8 Å². The molecule has 0 fully saturated rings. The predicted molar refractivity (Wildman–Crippen MR) is 87.8 cm³/mol. The average Bonchev–Trinajstić information content (AvgIpc) is 2.73. The summed E-state index contributed by atoms with van der Waals surface area (Å²) in [6.45, 7) is 7.92. The van der Waals surface area contributed by atoms with Crippen LogP contribution in [0.5, 0.6) is 5.75 Å². The van der Waals surface area contributed by atoms with Crippen LogP contribution in [-0.4, -0.2) is 6.61 Å². The number of hydrogen-bond donors (Lipinski definition) is 2. The number of aryl methyl sites for hydroxylation is 2. The molecule has 2 rings (SSSR count). The van der Waals surface area contributed by atoms with Crippen LogP contribution in [0.2, 0.25) is 0 Å². The zero-order valence-corrected chi connectivity index (χ0v) is 13.1. The van der Waals surface area contributed by atoms with Crippen molar-refractivity contribution in [3.05, 3.63) is 39.6 Å². The van der Waals surface area contributed by atoms with Crippen molar-refractivity contribution in [3.8, 4) is 5.75 Å². The molecule has 4 heteroatoms. The minimum absolute atomic E-state index is 0.714. The SMILES string of the molecule is CCCOc1cc(N)cc(NCc2cc(C)c(C)s2)c1. The zero-order valence-electron chi connectivity index (χ0n) is 12.3. The van der Waals surface area contributed by atoms with Crippen LogP contribution in [0.4, 0.5) is 11.4 Å². The highest BCUT2D eigenvalue weighted by Crippen LogP contribution is 2.25. The number of hydrogen-bond acceptors (Lipinski definition) is 4. The van der Waals surface area contributed by atoms with Gasteiger partial charge in [-0.15, -0.1) is 11.3 Å². The summed E-state index contributed by atoms with van der Waals surface area (Å²) < 4.78 is 5.63. The lowest BCUT2D eigenvalue weighted by Crippen LogP contribution is -2.01. The Morgan fingerprint density at radius 2 is 2.00 bits per heavy atom. The predicted octanol–water partition coefficient (Wildman–Crippen LogP) is 4.35. The van der Waals surface area contributed by atoms with Gasteiger partial charge in [-0.2, -0.15) is 0 Å². The average molecular weight is 290 g/mol. The fraction of sp³-hybridized carbons (Fsp3) is 0.375. The molecule has 0 radical (unpaired) electrons. The fourth-order valence-electron chi connectivity index (χ4n) is 1.95. The van der Waals surface area contributed by atoms with Gasteiger partial charge in [0.15, 0.2) is 0 Å². The topological polar surface area (TPSA) is 47.3 Å². The maximum Gasteiger partial charge on any atom is 0.123 e. The smallest absolute Gasteiger partial charge is 0.123 e. The summed E-state index contributed by atoms with van der Waals surface area (Å²) in [4.78, 5) is 2.71. The first-order valence-corrected chi connectivity index (χ1v) is 7.73. The summed E-state index contributed by atoms with van der Waals surface area (Å²) in [5.74, 6) is 0.827. The van der Waals surface area contributed by atoms with Gasteiger partial charge in [0.25, 0.3) is 0 Å². The Kier molecular flexibility index (Phi) is 4.90. The Balaban J connectivity index is 2.03. The molecule has 0 amide bonds. The lowest BCUT2D eigenvalue weighted by molar-refractivity contribution is 0.318. The number of nitrogen functional groups attached to an aromatic ring is 1. The van der Waals surface area contributed by atoms with Gasteiger partial charge in [0.1, 0.15) is 5.75 Å². The van der Waals surface area contributed by atoms with E-state index in [4.69, 9.17) is 10.5 Å². The minimum atomic E-state index is 0.714. The van der Waals surface area contributed by atoms with E-state index in [9.17, 15) is 0 Å². The highest BCUT2D eigenvalue weighted by Gasteiger charge is 2.03. The number of nitrogens with two attached hydrogens (primary N) is 1. The van der Waals surface area contributed by atoms with Gasteiger partial charge in [-0.25, -0.2) is 0 Å². The van der Waals surface area contributed by atoms with Crippen LogP contribution in [-0.2, 0) is 6.54 Å². The molecule has 108 valence electrons. The Morgan fingerprint density at radius 3 is 2.65 bits per heavy atom. The van der Waals surface area contributed by atoms with E-state index in [1.54, 1.807) is 0 Å². The van der Waals surface area contributed by atoms with Crippen molar-refractivity contribution in [2.45, 2.75) is 33.7 Å². The molecule has 3 N–H and O–H groups in total. The lowest BCUT2D eigenvalue weighted by atomic mass is 10.2. The Morgan fingerprint density at radius 1 is 1.20 bits per heavy atom. The maximum atomic E-state index is 5.91. The quantitative estimate of drug-likeness (QED) is 0.778. The van der Waals surface area contributed by atoms with Crippen LogP contribution in [0.1, 0.15) is 28.7 Å². The monoisotopic (exact) mass is 290 g/mol. The summed E-state index contributed by atoms with van der Waals surface area (Å²) in [5, 5.41) is 3.41. The van der Waals surface area contributed by atoms with Crippen molar-refractivity contribution in [2.24, 2.45) is 0 Å². The molecule has 0 unspecified atom stereocenters. The molecule has 0 atom stereocenters. The molecule has 0 aliphatic rings. The van der Waals surface area contributed by atoms with E-state index in [-0.39, 0.29) is 0 Å². The van der Waals surface area contributed by atoms with Gasteiger partial charge < -0.3 is 15.8 Å². The summed E-state index contributed by atoms with van der Waals surface area (Å²) in [7, 11) is 0. The Labute approximate surface area is 124 Å². The second kappa shape index (κ2) is 6.66. The van der Waals surface area contributed by atoms with Crippen molar-refractivity contribution in [3.63, 3.8) is 0 Å². The van der Waals surface area contributed by atoms with Crippen LogP contribution in [0.25, 0.3) is 0 Å². The summed E-state index contributed by atoms with van der Waals surface area (Å²) in [6.07, 6.45) is 0.991. The molecule has 20 heavy (non-hydrogen) atoms. The van der Waals surface area contributed by atoms with E-state index in [0.717, 1.165) is 30.1 Å². The molecular formula is C16H22N2OS. The van der Waals surface area contributed by atoms with Gasteiger partial charge in [-0.3, -0.25) is 0 Å². The first-order chi connectivity index (χ1) is 9.58. The van der Waals surface area contributed by atoms with Crippen molar-refractivity contribution in [1.29, 1.82) is 0 Å². The minimum Gasteiger partial charge on any atom is -0.493 e. The Hall–Kier alpha value is -1.68. The maximum absolute atomic E-state index is 5.91. The van der Waals surface area contributed by atoms with Gasteiger partial charge in [0.05, 0.1) is 6.61 Å². The normalized spacial score (nSPS) is 10.6. The molecule has 1 aromatic carbocycles. The Bertz CT molecular complexity index is 558. The molecule has 0 aliphatic heterocycles. The van der Waals surface area contributed by atoms with E-state index in [1.165, 1.54) is 15.3 Å². The molecule has 0 aliphatic carbocycles. The van der Waals surface area contributed by atoms with E-state index in [1.807, 2.05) is 29.5 Å². The molecular weight excluding hydrogens is 268 g/mol. The van der Waals surface area contributed by atoms with Crippen molar-refractivity contribution < 1.29 is 4.74 Å². The standard InChI is InChI=1S/C16H22N2OS/c1-4-5-19-15-8-13(17)7-14(9-15)18-10-16-6-11(2)12(3)20-16/h6-9,18H,4-5,10,17H2,1-3H3. The molecule has 0 saturated carbocycles. The summed E-state index contributed by atoms with van der Waals surface area (Å²) >= 11 is 1.83. The van der Waals surface area contributed by atoms with Crippen molar-refractivity contribution in [1.82, 2.24) is 0 Å². The second-order valence-electron chi connectivity index (χ2n) is 4.94. The number of benzene rings is 1. The number of thiophene rings is 1. The second-order valence-corrected chi connectivity index (χ2v) is 6.29. The lowest BCUT2D eigenvalue weighted by Gasteiger charge is -2.10. The highest BCUT2D eigenvalue weighted by atomic mass is 32.1. The molecule has 3 nitrogen and oxygen atoms in total. The van der Waals surface area contributed by atoms with Gasteiger partial charge in [-0.1, -0.05) is 6.92 Å². The number of ether oxygens (including phenoxy) is 1. The molecule has 0 spiro atoms. The van der Waals surface area contributed by atoms with Gasteiger partial charge in [0.2, 0.25) is 0 Å². The third kappa shape index (κ3) is 3.90. The number of rotatable bonds is 6. The van der Waals surface area contributed by atoms with E-state index >= 15 is 0 Å². The molecule has 2 aromatic rings. The number of anilines is 2. The zero-order chi connectivity index (χ0) is 14.5. The van der Waals surface area contributed by atoms with Crippen molar-refractivity contribution in [2.75, 3.05) is 17.7 Å². The van der Waals surface area contributed by atoms with Gasteiger partial charge in [-0.05, 0) is 38.0 Å². The van der Waals surface area contributed by atoms with Gasteiger partial charge in [0, 0.05) is 39.8 Å². The van der Waals surface area contributed by atoms with E-state index in [0.29, 0.717) is 6.61 Å². The van der Waals surface area contributed by atoms with Crippen LogP contribution in [0.15, 0.2) is 24.3 Å². The fourth-order valence-corrected chi connectivity index (χ4v) is 2.95.